The van der Waals surface area contributed by atoms with Crippen molar-refractivity contribution < 1.29 is 14.0 Å². The van der Waals surface area contributed by atoms with E-state index in [9.17, 15) is 14.0 Å². The molecule has 0 saturated carbocycles. The highest BCUT2D eigenvalue weighted by molar-refractivity contribution is 6.35. The zero-order valence-corrected chi connectivity index (χ0v) is 13.4. The molecule has 2 rings (SSSR count). The summed E-state index contributed by atoms with van der Waals surface area (Å²) in [5.41, 5.74) is 5.67. The molecule has 0 aliphatic carbocycles. The van der Waals surface area contributed by atoms with E-state index in [-0.39, 0.29) is 16.0 Å². The molecule has 0 bridgehead atoms. The van der Waals surface area contributed by atoms with Gasteiger partial charge in [0.2, 0.25) is 5.91 Å². The molecule has 1 aromatic rings. The van der Waals surface area contributed by atoms with Gasteiger partial charge in [0.1, 0.15) is 11.9 Å². The van der Waals surface area contributed by atoms with Crippen LogP contribution in [0, 0.1) is 5.82 Å². The zero-order chi connectivity index (χ0) is 16.4. The summed E-state index contributed by atoms with van der Waals surface area (Å²) in [4.78, 5) is 24.9. The van der Waals surface area contributed by atoms with Gasteiger partial charge in [0, 0.05) is 11.6 Å². The lowest BCUT2D eigenvalue weighted by Crippen LogP contribution is -2.48. The molecule has 1 aliphatic rings. The molecule has 0 aromatic heterocycles. The van der Waals surface area contributed by atoms with E-state index in [1.165, 1.54) is 17.0 Å². The summed E-state index contributed by atoms with van der Waals surface area (Å²) >= 11 is 11.7. The number of nitrogens with one attached hydrogen (secondary N) is 1. The van der Waals surface area contributed by atoms with E-state index < -0.39 is 23.9 Å². The molecule has 1 unspecified atom stereocenters. The third kappa shape index (κ3) is 3.44. The Bertz CT molecular complexity index is 612. The van der Waals surface area contributed by atoms with Gasteiger partial charge in [-0.1, -0.05) is 23.2 Å². The first-order valence-electron chi connectivity index (χ1n) is 6.82. The van der Waals surface area contributed by atoms with Crippen molar-refractivity contribution in [3.05, 3.63) is 33.6 Å². The summed E-state index contributed by atoms with van der Waals surface area (Å²) in [5, 5.41) is 2.91. The Kier molecular flexibility index (Phi) is 5.13. The van der Waals surface area contributed by atoms with Crippen LogP contribution < -0.4 is 11.1 Å². The Morgan fingerprint density at radius 1 is 1.41 bits per heavy atom. The number of primary amides is 1. The maximum absolute atomic E-state index is 13.6. The van der Waals surface area contributed by atoms with Crippen LogP contribution >= 0.6 is 23.2 Å². The average molecular weight is 348 g/mol. The second-order valence-corrected chi connectivity index (χ2v) is 6.02. The minimum absolute atomic E-state index is 0.0806. The van der Waals surface area contributed by atoms with Crippen LogP contribution in [0.25, 0.3) is 0 Å². The Balaban J connectivity index is 2.12. The third-order valence-corrected chi connectivity index (χ3v) is 4.32. The van der Waals surface area contributed by atoms with Gasteiger partial charge in [-0.2, -0.15) is 0 Å². The number of rotatable bonds is 3. The zero-order valence-electron chi connectivity index (χ0n) is 11.9. The third-order valence-electron chi connectivity index (χ3n) is 3.70. The monoisotopic (exact) mass is 347 g/mol. The number of amides is 3. The maximum Gasteiger partial charge on any atom is 0.315 e. The first kappa shape index (κ1) is 16.8. The van der Waals surface area contributed by atoms with Gasteiger partial charge < -0.3 is 16.0 Å². The van der Waals surface area contributed by atoms with E-state index in [0.29, 0.717) is 24.9 Å². The molecular weight excluding hydrogens is 332 g/mol. The van der Waals surface area contributed by atoms with E-state index in [4.69, 9.17) is 28.9 Å². The van der Waals surface area contributed by atoms with Crippen LogP contribution in [0.4, 0.5) is 9.18 Å². The Hall–Kier alpha value is -1.53. The van der Waals surface area contributed by atoms with E-state index >= 15 is 0 Å². The number of carbonyl (C=O) groups is 2. The maximum atomic E-state index is 13.6. The fourth-order valence-electron chi connectivity index (χ4n) is 2.56. The number of hydrogen-bond acceptors (Lipinski definition) is 2. The molecule has 1 saturated heterocycles. The lowest BCUT2D eigenvalue weighted by atomic mass is 10.1. The van der Waals surface area contributed by atoms with Crippen molar-refractivity contribution in [2.75, 3.05) is 6.54 Å². The fraction of sp³-hybridized carbons (Fsp3) is 0.429. The average Bonchev–Trinajstić information content (AvgIpc) is 2.92. The molecule has 3 N–H and O–H groups in total. The summed E-state index contributed by atoms with van der Waals surface area (Å²) < 4.78 is 13.6. The van der Waals surface area contributed by atoms with E-state index in [1.807, 2.05) is 0 Å². The van der Waals surface area contributed by atoms with Gasteiger partial charge in [0.15, 0.2) is 0 Å². The number of benzene rings is 1. The van der Waals surface area contributed by atoms with Gasteiger partial charge in [-0.05, 0) is 37.5 Å². The molecule has 0 radical (unpaired) electrons. The summed E-state index contributed by atoms with van der Waals surface area (Å²) in [5.74, 6) is -0.947. The van der Waals surface area contributed by atoms with Crippen LogP contribution in [0.2, 0.25) is 10.0 Å². The molecule has 1 aromatic carbocycles. The Morgan fingerprint density at radius 3 is 2.73 bits per heavy atom. The fourth-order valence-corrected chi connectivity index (χ4v) is 3.11. The standard InChI is InChI=1S/C14H16Cl2FN3O2/c1-7(8-5-11(17)10(16)6-9(8)15)19-13(21)12-3-2-4-20(12)14(18)22/h5-7,12H,2-4H2,1H3,(H2,18,22)(H,19,21)/t7?,12-/m0/s1. The van der Waals surface area contributed by atoms with Crippen LogP contribution in [0.15, 0.2) is 12.1 Å². The SMILES string of the molecule is CC(NC(=O)[C@@H]1CCCN1C(N)=O)c1cc(F)c(Cl)cc1Cl. The summed E-state index contributed by atoms with van der Waals surface area (Å²) in [7, 11) is 0. The number of halogens is 3. The second-order valence-electron chi connectivity index (χ2n) is 5.21. The first-order valence-corrected chi connectivity index (χ1v) is 7.57. The van der Waals surface area contributed by atoms with Crippen LogP contribution in [0.5, 0.6) is 0 Å². The molecule has 5 nitrogen and oxygen atoms in total. The first-order chi connectivity index (χ1) is 10.3. The lowest BCUT2D eigenvalue weighted by molar-refractivity contribution is -0.125. The molecule has 120 valence electrons. The molecule has 8 heteroatoms. The number of likely N-dealkylation sites (tertiary alicyclic amines) is 1. The van der Waals surface area contributed by atoms with Gasteiger partial charge in [0.25, 0.3) is 0 Å². The smallest absolute Gasteiger partial charge is 0.315 e. The molecule has 1 fully saturated rings. The summed E-state index contributed by atoms with van der Waals surface area (Å²) in [6.45, 7) is 2.13. The highest BCUT2D eigenvalue weighted by Gasteiger charge is 2.33. The van der Waals surface area contributed by atoms with Crippen molar-refractivity contribution in [2.24, 2.45) is 5.73 Å². The number of carbonyl (C=O) groups excluding carboxylic acids is 2. The second kappa shape index (κ2) is 6.71. The van der Waals surface area contributed by atoms with Gasteiger partial charge in [-0.3, -0.25) is 4.79 Å². The number of nitrogens with zero attached hydrogens (tertiary/aromatic N) is 1. The quantitative estimate of drug-likeness (QED) is 0.825. The Morgan fingerprint density at radius 2 is 2.09 bits per heavy atom. The van der Waals surface area contributed by atoms with Crippen LogP contribution in [-0.2, 0) is 4.79 Å². The minimum Gasteiger partial charge on any atom is -0.351 e. The van der Waals surface area contributed by atoms with Crippen molar-refractivity contribution in [3.8, 4) is 0 Å². The predicted molar refractivity (Wildman–Crippen MR) is 82.3 cm³/mol. The van der Waals surface area contributed by atoms with Crippen LogP contribution in [0.1, 0.15) is 31.4 Å². The van der Waals surface area contributed by atoms with Crippen LogP contribution in [0.3, 0.4) is 0 Å². The van der Waals surface area contributed by atoms with Gasteiger partial charge in [-0.25, -0.2) is 9.18 Å². The lowest BCUT2D eigenvalue weighted by Gasteiger charge is -2.24. The highest BCUT2D eigenvalue weighted by Crippen LogP contribution is 2.29. The Labute approximate surface area is 137 Å². The molecule has 3 amide bonds. The molecule has 22 heavy (non-hydrogen) atoms. The molecule has 0 spiro atoms. The topological polar surface area (TPSA) is 75.4 Å². The van der Waals surface area contributed by atoms with Crippen molar-refractivity contribution in [1.82, 2.24) is 10.2 Å². The highest BCUT2D eigenvalue weighted by atomic mass is 35.5. The van der Waals surface area contributed by atoms with Gasteiger partial charge in [0.05, 0.1) is 11.1 Å². The van der Waals surface area contributed by atoms with Gasteiger partial charge >= 0.3 is 6.03 Å². The largest absolute Gasteiger partial charge is 0.351 e. The minimum atomic E-state index is -0.624. The number of hydrogen-bond donors (Lipinski definition) is 2. The van der Waals surface area contributed by atoms with Crippen molar-refractivity contribution in [2.45, 2.75) is 31.8 Å². The summed E-state index contributed by atoms with van der Waals surface area (Å²) in [6, 6.07) is 0.733. The molecule has 1 heterocycles. The normalized spacial score (nSPS) is 19.1. The van der Waals surface area contributed by atoms with Gasteiger partial charge in [-0.15, -0.1) is 0 Å². The van der Waals surface area contributed by atoms with E-state index in [2.05, 4.69) is 5.32 Å². The molecular formula is C14H16Cl2FN3O2. The molecule has 2 atom stereocenters. The predicted octanol–water partition coefficient (Wildman–Crippen LogP) is 2.85. The number of urea groups is 1. The van der Waals surface area contributed by atoms with Crippen molar-refractivity contribution >= 4 is 35.1 Å². The van der Waals surface area contributed by atoms with Crippen molar-refractivity contribution in [3.63, 3.8) is 0 Å². The number of nitrogens with two attached hydrogens (primary N) is 1. The van der Waals surface area contributed by atoms with Crippen LogP contribution in [-0.4, -0.2) is 29.4 Å². The molecule has 1 aliphatic heterocycles. The van der Waals surface area contributed by atoms with E-state index in [0.717, 1.165) is 0 Å². The summed E-state index contributed by atoms with van der Waals surface area (Å²) in [6.07, 6.45) is 1.26. The van der Waals surface area contributed by atoms with Crippen molar-refractivity contribution in [1.29, 1.82) is 0 Å². The van der Waals surface area contributed by atoms with E-state index in [1.54, 1.807) is 6.92 Å².